The van der Waals surface area contributed by atoms with Crippen LogP contribution in [0.2, 0.25) is 0 Å². The normalized spacial score (nSPS) is 10.6. The third kappa shape index (κ3) is 1.63. The molecule has 0 fully saturated rings. The molecule has 2 rings (SSSR count). The molecule has 2 aromatic heterocycles. The second kappa shape index (κ2) is 4.09. The summed E-state index contributed by atoms with van der Waals surface area (Å²) >= 11 is 1.34. The predicted octanol–water partition coefficient (Wildman–Crippen LogP) is 1.78. The molecule has 0 saturated heterocycles. The molecule has 2 aromatic rings. The Morgan fingerprint density at radius 1 is 1.56 bits per heavy atom. The van der Waals surface area contributed by atoms with Gasteiger partial charge in [0.2, 0.25) is 5.43 Å². The molecule has 0 aromatic carbocycles. The number of aromatic nitrogens is 1. The number of carbonyl (C=O) groups excluding carboxylic acids is 1. The number of fused-ring (bicyclic) bond motifs is 1. The lowest BCUT2D eigenvalue weighted by Gasteiger charge is -2.05. The summed E-state index contributed by atoms with van der Waals surface area (Å²) in [7, 11) is 1.80. The number of hydrogen-bond acceptors (Lipinski definition) is 4. The molecule has 0 aliphatic heterocycles. The number of thiophene rings is 1. The molecule has 0 bridgehead atoms. The Morgan fingerprint density at radius 2 is 2.31 bits per heavy atom. The number of nitrogens with zero attached hydrogens (tertiary/aromatic N) is 1. The van der Waals surface area contributed by atoms with Crippen LogP contribution in [0.15, 0.2) is 22.4 Å². The third-order valence-corrected chi connectivity index (χ3v) is 3.20. The molecular weight excluding hydrogens is 226 g/mol. The van der Waals surface area contributed by atoms with E-state index in [0.29, 0.717) is 4.70 Å². The smallest absolute Gasteiger partial charge is 0.343 e. The van der Waals surface area contributed by atoms with Crippen LogP contribution in [0, 0.1) is 0 Å². The molecule has 0 atom stereocenters. The summed E-state index contributed by atoms with van der Waals surface area (Å²) < 4.78 is 7.20. The Hall–Kier alpha value is -1.62. The first kappa shape index (κ1) is 10.9. The van der Waals surface area contributed by atoms with Crippen molar-refractivity contribution in [2.24, 2.45) is 7.05 Å². The molecule has 0 saturated carbocycles. The van der Waals surface area contributed by atoms with Crippen molar-refractivity contribution in [1.29, 1.82) is 0 Å². The number of carbonyl (C=O) groups is 1. The summed E-state index contributed by atoms with van der Waals surface area (Å²) in [5.41, 5.74) is 0.684. The van der Waals surface area contributed by atoms with Gasteiger partial charge in [-0.05, 0) is 18.4 Å². The van der Waals surface area contributed by atoms with Gasteiger partial charge in [0.15, 0.2) is 0 Å². The fraction of sp³-hybridized carbons (Fsp3) is 0.273. The number of hydrogen-bond donors (Lipinski definition) is 0. The maximum atomic E-state index is 12.0. The predicted molar refractivity (Wildman–Crippen MR) is 63.0 cm³/mol. The topological polar surface area (TPSA) is 48.3 Å². The van der Waals surface area contributed by atoms with Crippen molar-refractivity contribution in [1.82, 2.24) is 4.57 Å². The van der Waals surface area contributed by atoms with Crippen LogP contribution < -0.4 is 5.43 Å². The van der Waals surface area contributed by atoms with Crippen molar-refractivity contribution in [2.45, 2.75) is 6.92 Å². The zero-order valence-electron chi connectivity index (χ0n) is 9.02. The van der Waals surface area contributed by atoms with Crippen LogP contribution in [0.3, 0.4) is 0 Å². The van der Waals surface area contributed by atoms with Gasteiger partial charge < -0.3 is 9.30 Å². The van der Waals surface area contributed by atoms with Crippen molar-refractivity contribution in [2.75, 3.05) is 6.61 Å². The number of ether oxygens (including phenoxy) is 1. The maximum absolute atomic E-state index is 12.0. The highest BCUT2D eigenvalue weighted by atomic mass is 32.1. The van der Waals surface area contributed by atoms with E-state index in [-0.39, 0.29) is 17.6 Å². The molecule has 5 heteroatoms. The Labute approximate surface area is 96.1 Å². The highest BCUT2D eigenvalue weighted by molar-refractivity contribution is 7.17. The summed E-state index contributed by atoms with van der Waals surface area (Å²) in [6.45, 7) is 1.98. The summed E-state index contributed by atoms with van der Waals surface area (Å²) in [6, 6.07) is 1.86. The summed E-state index contributed by atoms with van der Waals surface area (Å²) in [6.07, 6.45) is 1.52. The quantitative estimate of drug-likeness (QED) is 0.748. The summed E-state index contributed by atoms with van der Waals surface area (Å²) in [5.74, 6) is -0.557. The molecule has 84 valence electrons. The molecule has 0 unspecified atom stereocenters. The van der Waals surface area contributed by atoms with Gasteiger partial charge in [-0.1, -0.05) is 0 Å². The number of rotatable bonds is 2. The van der Waals surface area contributed by atoms with Gasteiger partial charge in [-0.2, -0.15) is 0 Å². The van der Waals surface area contributed by atoms with E-state index >= 15 is 0 Å². The van der Waals surface area contributed by atoms with Crippen molar-refractivity contribution in [3.63, 3.8) is 0 Å². The first-order chi connectivity index (χ1) is 7.65. The fourth-order valence-electron chi connectivity index (χ4n) is 1.55. The summed E-state index contributed by atoms with van der Waals surface area (Å²) in [4.78, 5) is 23.5. The van der Waals surface area contributed by atoms with Gasteiger partial charge in [0.05, 0.1) is 16.8 Å². The van der Waals surface area contributed by atoms with Crippen LogP contribution >= 0.6 is 11.3 Å². The van der Waals surface area contributed by atoms with Crippen molar-refractivity contribution in [3.05, 3.63) is 33.4 Å². The lowest BCUT2D eigenvalue weighted by Crippen LogP contribution is -2.19. The number of esters is 1. The van der Waals surface area contributed by atoms with Crippen molar-refractivity contribution < 1.29 is 9.53 Å². The highest BCUT2D eigenvalue weighted by Gasteiger charge is 2.15. The zero-order valence-corrected chi connectivity index (χ0v) is 9.84. The first-order valence-electron chi connectivity index (χ1n) is 4.89. The van der Waals surface area contributed by atoms with Crippen LogP contribution in [0.5, 0.6) is 0 Å². The fourth-order valence-corrected chi connectivity index (χ4v) is 2.43. The standard InChI is InChI=1S/C11H11NO3S/c1-3-15-11(14)7-6-12(2)8-4-5-16-10(8)9(7)13/h4-6H,3H2,1-2H3. The van der Waals surface area contributed by atoms with Gasteiger partial charge in [0, 0.05) is 13.2 Å². The van der Waals surface area contributed by atoms with E-state index in [4.69, 9.17) is 4.74 Å². The van der Waals surface area contributed by atoms with Gasteiger partial charge in [-0.25, -0.2) is 4.79 Å². The second-order valence-corrected chi connectivity index (χ2v) is 4.25. The average molecular weight is 237 g/mol. The minimum Gasteiger partial charge on any atom is -0.462 e. The van der Waals surface area contributed by atoms with Gasteiger partial charge in [-0.3, -0.25) is 4.79 Å². The van der Waals surface area contributed by atoms with E-state index in [2.05, 4.69) is 0 Å². The minimum absolute atomic E-state index is 0.0966. The van der Waals surface area contributed by atoms with Crippen LogP contribution in [-0.2, 0) is 11.8 Å². The Bertz CT molecular complexity index is 597. The largest absolute Gasteiger partial charge is 0.462 e. The van der Waals surface area contributed by atoms with Crippen LogP contribution in [0.1, 0.15) is 17.3 Å². The van der Waals surface area contributed by atoms with Gasteiger partial charge in [-0.15, -0.1) is 11.3 Å². The minimum atomic E-state index is -0.557. The zero-order chi connectivity index (χ0) is 11.7. The second-order valence-electron chi connectivity index (χ2n) is 3.34. The molecule has 0 amide bonds. The molecule has 0 radical (unpaired) electrons. The summed E-state index contributed by atoms with van der Waals surface area (Å²) in [5, 5.41) is 1.83. The highest BCUT2D eigenvalue weighted by Crippen LogP contribution is 2.17. The molecule has 0 aliphatic rings. The third-order valence-electron chi connectivity index (χ3n) is 2.29. The van der Waals surface area contributed by atoms with Crippen LogP contribution in [0.4, 0.5) is 0 Å². The van der Waals surface area contributed by atoms with E-state index < -0.39 is 5.97 Å². The molecule has 0 N–H and O–H groups in total. The molecule has 0 spiro atoms. The molecular formula is C11H11NO3S. The van der Waals surface area contributed by atoms with E-state index in [1.54, 1.807) is 18.5 Å². The van der Waals surface area contributed by atoms with E-state index in [1.807, 2.05) is 11.4 Å². The number of pyridine rings is 1. The van der Waals surface area contributed by atoms with E-state index in [9.17, 15) is 9.59 Å². The Kier molecular flexibility index (Phi) is 2.78. The lowest BCUT2D eigenvalue weighted by molar-refractivity contribution is 0.0524. The molecule has 16 heavy (non-hydrogen) atoms. The van der Waals surface area contributed by atoms with Gasteiger partial charge >= 0.3 is 5.97 Å². The van der Waals surface area contributed by atoms with Gasteiger partial charge in [0.25, 0.3) is 0 Å². The van der Waals surface area contributed by atoms with Crippen LogP contribution in [0.25, 0.3) is 10.2 Å². The molecule has 2 heterocycles. The first-order valence-corrected chi connectivity index (χ1v) is 5.77. The van der Waals surface area contributed by atoms with Crippen molar-refractivity contribution >= 4 is 27.5 Å². The lowest BCUT2D eigenvalue weighted by atomic mass is 10.2. The van der Waals surface area contributed by atoms with E-state index in [0.717, 1.165) is 5.52 Å². The SMILES string of the molecule is CCOC(=O)c1cn(C)c2ccsc2c1=O. The van der Waals surface area contributed by atoms with Crippen molar-refractivity contribution in [3.8, 4) is 0 Å². The average Bonchev–Trinajstić information content (AvgIpc) is 2.73. The Balaban J connectivity index is 2.67. The van der Waals surface area contributed by atoms with E-state index in [1.165, 1.54) is 17.5 Å². The monoisotopic (exact) mass is 237 g/mol. The maximum Gasteiger partial charge on any atom is 0.343 e. The van der Waals surface area contributed by atoms with Gasteiger partial charge in [0.1, 0.15) is 5.56 Å². The molecule has 0 aliphatic carbocycles. The Morgan fingerprint density at radius 3 is 3.00 bits per heavy atom. The number of aryl methyl sites for hydroxylation is 1. The van der Waals surface area contributed by atoms with Crippen LogP contribution in [-0.4, -0.2) is 17.1 Å². The molecule has 4 nitrogen and oxygen atoms in total.